The van der Waals surface area contributed by atoms with Crippen molar-refractivity contribution in [3.8, 4) is 45.5 Å². The quantitative estimate of drug-likeness (QED) is 0.162. The summed E-state index contributed by atoms with van der Waals surface area (Å²) in [7, 11) is 0. The van der Waals surface area contributed by atoms with Crippen molar-refractivity contribution in [3.63, 3.8) is 0 Å². The van der Waals surface area contributed by atoms with Crippen molar-refractivity contribution in [2.75, 3.05) is 0 Å². The lowest BCUT2D eigenvalue weighted by Crippen LogP contribution is -2.01. The molecule has 3 heterocycles. The average molecular weight is 840 g/mol. The van der Waals surface area contributed by atoms with Crippen LogP contribution < -0.4 is 0 Å². The monoisotopic (exact) mass is 839 g/mol. The first kappa shape index (κ1) is 36.5. The highest BCUT2D eigenvalue weighted by molar-refractivity contribution is 6.17. The van der Waals surface area contributed by atoms with Gasteiger partial charge in [-0.05, 0) is 80.8 Å². The van der Waals surface area contributed by atoms with Gasteiger partial charge < -0.3 is 9.13 Å². The van der Waals surface area contributed by atoms with E-state index in [4.69, 9.17) is 15.0 Å². The second-order valence-corrected chi connectivity index (χ2v) is 17.2. The summed E-state index contributed by atoms with van der Waals surface area (Å²) in [6.45, 7) is 0. The van der Waals surface area contributed by atoms with Crippen LogP contribution in [0.25, 0.3) is 132 Å². The Morgan fingerprint density at radius 3 is 1.50 bits per heavy atom. The Labute approximate surface area is 379 Å². The van der Waals surface area contributed by atoms with Crippen LogP contribution in [0.15, 0.2) is 224 Å². The highest BCUT2D eigenvalue weighted by Crippen LogP contribution is 2.41. The molecule has 0 saturated carbocycles. The number of rotatable bonds is 5. The third-order valence-corrected chi connectivity index (χ3v) is 13.5. The van der Waals surface area contributed by atoms with E-state index in [2.05, 4.69) is 215 Å². The molecule has 0 spiro atoms. The maximum atomic E-state index is 5.28. The van der Waals surface area contributed by atoms with E-state index in [-0.39, 0.29) is 0 Å². The van der Waals surface area contributed by atoms with Crippen LogP contribution in [0.5, 0.6) is 0 Å². The Hall–Kier alpha value is -8.93. The smallest absolute Gasteiger partial charge is 0.164 e. The number of aromatic nitrogens is 5. The fourth-order valence-electron chi connectivity index (χ4n) is 10.5. The van der Waals surface area contributed by atoms with Crippen LogP contribution in [0.4, 0.5) is 0 Å². The molecule has 0 atom stereocenters. The summed E-state index contributed by atoms with van der Waals surface area (Å²) >= 11 is 0. The molecule has 0 fully saturated rings. The molecule has 14 aromatic rings. The molecule has 0 bridgehead atoms. The predicted molar refractivity (Wildman–Crippen MR) is 275 cm³/mol. The lowest BCUT2D eigenvalue weighted by atomic mass is 10.00. The Balaban J connectivity index is 0.970. The van der Waals surface area contributed by atoms with Gasteiger partial charge in [0.2, 0.25) is 0 Å². The van der Waals surface area contributed by atoms with Gasteiger partial charge in [0.25, 0.3) is 0 Å². The van der Waals surface area contributed by atoms with Gasteiger partial charge in [-0.3, -0.25) is 0 Å². The van der Waals surface area contributed by atoms with Crippen LogP contribution >= 0.6 is 0 Å². The minimum atomic E-state index is 0.631. The summed E-state index contributed by atoms with van der Waals surface area (Å²) < 4.78 is 4.87. The van der Waals surface area contributed by atoms with E-state index in [0.717, 1.165) is 49.6 Å². The molecule has 66 heavy (non-hydrogen) atoms. The molecule has 0 aliphatic heterocycles. The van der Waals surface area contributed by atoms with Gasteiger partial charge in [-0.2, -0.15) is 0 Å². The third-order valence-electron chi connectivity index (χ3n) is 13.5. The highest BCUT2D eigenvalue weighted by Gasteiger charge is 2.21. The molecular formula is C61H37N5. The molecule has 3 aromatic heterocycles. The standard InChI is InChI=1S/C61H37N5/c1-2-16-39(17-3-1)59-62-60(42-33-34-44-41(35-42)32-31-38-15-4-5-19-43(38)44)64-61(63-59)50-25-13-24-46-45(50)23-14-30-56(46)66-55-28-11-8-22-49(55)52-37-51-40(36-58(52)66)18-12-29-57(51)65-53-26-9-6-20-47(53)48-21-7-10-27-54(48)65/h1-37H. The summed E-state index contributed by atoms with van der Waals surface area (Å²) in [6, 6.07) is 80.5. The van der Waals surface area contributed by atoms with Gasteiger partial charge >= 0.3 is 0 Å². The van der Waals surface area contributed by atoms with Crippen molar-refractivity contribution in [2.24, 2.45) is 0 Å². The summed E-state index contributed by atoms with van der Waals surface area (Å²) in [4.78, 5) is 15.6. The zero-order valence-corrected chi connectivity index (χ0v) is 35.6. The van der Waals surface area contributed by atoms with Crippen molar-refractivity contribution >= 4 is 86.7 Å². The molecule has 0 saturated heterocycles. The van der Waals surface area contributed by atoms with Crippen molar-refractivity contribution in [1.82, 2.24) is 24.1 Å². The van der Waals surface area contributed by atoms with Gasteiger partial charge in [0.05, 0.1) is 33.4 Å². The molecule has 14 rings (SSSR count). The van der Waals surface area contributed by atoms with E-state index in [9.17, 15) is 0 Å². The fourth-order valence-corrected chi connectivity index (χ4v) is 10.5. The third kappa shape index (κ3) is 5.50. The van der Waals surface area contributed by atoms with Gasteiger partial charge in [0.15, 0.2) is 17.5 Å². The number of fused-ring (bicyclic) bond motifs is 11. The van der Waals surface area contributed by atoms with E-state index in [0.29, 0.717) is 17.5 Å². The van der Waals surface area contributed by atoms with E-state index in [1.807, 2.05) is 18.2 Å². The molecule has 0 aliphatic rings. The Bertz CT molecular complexity index is 4240. The van der Waals surface area contributed by atoms with Crippen LogP contribution in [0.3, 0.4) is 0 Å². The van der Waals surface area contributed by atoms with Gasteiger partial charge in [-0.1, -0.05) is 176 Å². The molecule has 0 N–H and O–H groups in total. The minimum absolute atomic E-state index is 0.631. The first-order chi connectivity index (χ1) is 32.7. The van der Waals surface area contributed by atoms with Crippen molar-refractivity contribution < 1.29 is 0 Å². The zero-order chi connectivity index (χ0) is 43.3. The van der Waals surface area contributed by atoms with Gasteiger partial charge in [0.1, 0.15) is 0 Å². The second kappa shape index (κ2) is 14.3. The number of benzene rings is 11. The van der Waals surface area contributed by atoms with Gasteiger partial charge in [0, 0.05) is 49.0 Å². The van der Waals surface area contributed by atoms with E-state index < -0.39 is 0 Å². The SMILES string of the molecule is c1ccc(-c2nc(-c3ccc4c(ccc5ccccc54)c3)nc(-c3cccc4c(-n5c6ccccc6c6cc7c(-n8c9ccccc9c9ccccc98)cccc7cc65)cccc34)n2)cc1. The molecule has 0 amide bonds. The van der Waals surface area contributed by atoms with Crippen LogP contribution in [0.1, 0.15) is 0 Å². The largest absolute Gasteiger partial charge is 0.309 e. The number of nitrogens with zero attached hydrogens (tertiary/aromatic N) is 5. The summed E-state index contributed by atoms with van der Waals surface area (Å²) in [5.41, 5.74) is 9.80. The second-order valence-electron chi connectivity index (χ2n) is 17.2. The first-order valence-corrected chi connectivity index (χ1v) is 22.4. The van der Waals surface area contributed by atoms with E-state index >= 15 is 0 Å². The molecule has 0 unspecified atom stereocenters. The molecule has 0 aliphatic carbocycles. The Morgan fingerprint density at radius 2 is 0.742 bits per heavy atom. The topological polar surface area (TPSA) is 48.5 Å². The van der Waals surface area contributed by atoms with E-state index in [1.165, 1.54) is 65.2 Å². The van der Waals surface area contributed by atoms with Crippen LogP contribution in [-0.2, 0) is 0 Å². The fraction of sp³-hybridized carbons (Fsp3) is 0. The molecule has 5 nitrogen and oxygen atoms in total. The normalized spacial score (nSPS) is 11.9. The first-order valence-electron chi connectivity index (χ1n) is 22.4. The van der Waals surface area contributed by atoms with Crippen molar-refractivity contribution in [2.45, 2.75) is 0 Å². The van der Waals surface area contributed by atoms with Crippen molar-refractivity contribution in [3.05, 3.63) is 224 Å². The van der Waals surface area contributed by atoms with Gasteiger partial charge in [-0.25, -0.2) is 15.0 Å². The molecule has 11 aromatic carbocycles. The molecule has 0 radical (unpaired) electrons. The number of hydrogen-bond donors (Lipinski definition) is 0. The molecule has 5 heteroatoms. The summed E-state index contributed by atoms with van der Waals surface area (Å²) in [6.07, 6.45) is 0. The maximum Gasteiger partial charge on any atom is 0.164 e. The predicted octanol–water partition coefficient (Wildman–Crippen LogP) is 15.7. The minimum Gasteiger partial charge on any atom is -0.309 e. The Kier molecular flexibility index (Phi) is 7.91. The van der Waals surface area contributed by atoms with Crippen LogP contribution in [-0.4, -0.2) is 24.1 Å². The lowest BCUT2D eigenvalue weighted by molar-refractivity contribution is 1.08. The molecular weight excluding hydrogens is 803 g/mol. The highest BCUT2D eigenvalue weighted by atomic mass is 15.0. The zero-order valence-electron chi connectivity index (χ0n) is 35.6. The summed E-state index contributed by atoms with van der Waals surface area (Å²) in [5, 5.41) is 14.3. The number of hydrogen-bond acceptors (Lipinski definition) is 3. The molecule has 306 valence electrons. The average Bonchev–Trinajstić information content (AvgIpc) is 3.89. The van der Waals surface area contributed by atoms with Gasteiger partial charge in [-0.15, -0.1) is 0 Å². The van der Waals surface area contributed by atoms with Crippen molar-refractivity contribution in [1.29, 1.82) is 0 Å². The van der Waals surface area contributed by atoms with E-state index in [1.54, 1.807) is 0 Å². The number of para-hydroxylation sites is 3. The van der Waals surface area contributed by atoms with Crippen LogP contribution in [0.2, 0.25) is 0 Å². The lowest BCUT2D eigenvalue weighted by Gasteiger charge is -2.15. The Morgan fingerprint density at radius 1 is 0.242 bits per heavy atom. The summed E-state index contributed by atoms with van der Waals surface area (Å²) in [5.74, 6) is 1.90. The van der Waals surface area contributed by atoms with Crippen LogP contribution in [0, 0.1) is 0 Å². The maximum absolute atomic E-state index is 5.28.